The van der Waals surface area contributed by atoms with Crippen LogP contribution in [0.2, 0.25) is 0 Å². The van der Waals surface area contributed by atoms with Crippen molar-refractivity contribution in [2.75, 3.05) is 9.80 Å². The highest BCUT2D eigenvalue weighted by atomic mass is 15.1. The lowest BCUT2D eigenvalue weighted by atomic mass is 9.95. The van der Waals surface area contributed by atoms with Gasteiger partial charge in [0.15, 0.2) is 0 Å². The van der Waals surface area contributed by atoms with E-state index in [-0.39, 0.29) is 35.4 Å². The van der Waals surface area contributed by atoms with Crippen molar-refractivity contribution in [3.63, 3.8) is 0 Å². The molecule has 11 aromatic carbocycles. The van der Waals surface area contributed by atoms with Crippen LogP contribution in [0.3, 0.4) is 0 Å². The molecular weight excluding hydrogens is 773 g/mol. The minimum absolute atomic E-state index is 0.106. The Morgan fingerprint density at radius 1 is 0.234 bits per heavy atom. The van der Waals surface area contributed by atoms with Gasteiger partial charge in [0.25, 0.3) is 0 Å². The maximum atomic E-state index is 9.61. The molecule has 0 bridgehead atoms. The first-order valence-electron chi connectivity index (χ1n) is 23.6. The van der Waals surface area contributed by atoms with Gasteiger partial charge in [-0.25, -0.2) is 0 Å². The van der Waals surface area contributed by atoms with Crippen molar-refractivity contribution >= 4 is 55.7 Å². The van der Waals surface area contributed by atoms with Crippen LogP contribution in [-0.2, 0) is 0 Å². The van der Waals surface area contributed by atoms with Gasteiger partial charge in [0.2, 0.25) is 0 Å². The molecule has 2 nitrogen and oxygen atoms in total. The van der Waals surface area contributed by atoms with Crippen LogP contribution in [0, 0.1) is 0 Å². The van der Waals surface area contributed by atoms with Crippen molar-refractivity contribution in [2.45, 2.75) is 0 Å². The Balaban J connectivity index is 0.971. The van der Waals surface area contributed by atoms with Gasteiger partial charge in [-0.3, -0.25) is 0 Å². The van der Waals surface area contributed by atoms with E-state index in [9.17, 15) is 5.48 Å². The minimum atomic E-state index is -0.124. The van der Waals surface area contributed by atoms with Crippen LogP contribution in [-0.4, -0.2) is 0 Å². The summed E-state index contributed by atoms with van der Waals surface area (Å²) in [5.74, 6) is 0. The Labute approximate surface area is 380 Å². The average Bonchev–Trinajstić information content (AvgIpc) is 3.40. The predicted molar refractivity (Wildman–Crippen MR) is 273 cm³/mol. The first-order chi connectivity index (χ1) is 33.4. The van der Waals surface area contributed by atoms with Crippen LogP contribution in [0.1, 0.15) is 5.48 Å². The molecular formula is C62H44N2. The van der Waals surface area contributed by atoms with E-state index in [1.165, 1.54) is 10.8 Å². The summed E-state index contributed by atoms with van der Waals surface area (Å²) in [5.41, 5.74) is 11.9. The molecule has 0 N–H and O–H groups in total. The second-order valence-corrected chi connectivity index (χ2v) is 15.8. The molecule has 0 aliphatic rings. The fraction of sp³-hybridized carbons (Fsp3) is 0. The van der Waals surface area contributed by atoms with Crippen LogP contribution in [0.15, 0.2) is 267 Å². The largest absolute Gasteiger partial charge is 0.310 e. The van der Waals surface area contributed by atoms with Crippen molar-refractivity contribution < 1.29 is 5.48 Å². The fourth-order valence-electron chi connectivity index (χ4n) is 8.87. The van der Waals surface area contributed by atoms with Gasteiger partial charge < -0.3 is 9.80 Å². The van der Waals surface area contributed by atoms with E-state index in [0.29, 0.717) is 5.56 Å². The quantitative estimate of drug-likeness (QED) is 0.136. The molecule has 0 heterocycles. The molecule has 0 aromatic heterocycles. The number of hydrogen-bond acceptors (Lipinski definition) is 2. The molecule has 64 heavy (non-hydrogen) atoms. The molecule has 0 amide bonds. The molecule has 0 radical (unpaired) electrons. The van der Waals surface area contributed by atoms with Crippen LogP contribution in [0.5, 0.6) is 0 Å². The second kappa shape index (κ2) is 17.1. The zero-order valence-electron chi connectivity index (χ0n) is 39.0. The van der Waals surface area contributed by atoms with Crippen LogP contribution in [0.4, 0.5) is 34.1 Å². The molecule has 302 valence electrons. The molecule has 11 aromatic rings. The van der Waals surface area contributed by atoms with Gasteiger partial charge in [0, 0.05) is 33.9 Å². The summed E-state index contributed by atoms with van der Waals surface area (Å²) in [7, 11) is 0. The third-order valence-corrected chi connectivity index (χ3v) is 11.9. The average molecular weight is 821 g/mol. The normalized spacial score (nSPS) is 12.0. The summed E-state index contributed by atoms with van der Waals surface area (Å²) in [6, 6.07) is 82.0. The Morgan fingerprint density at radius 2 is 0.578 bits per heavy atom. The Kier molecular flexibility index (Phi) is 9.14. The molecule has 0 saturated heterocycles. The highest BCUT2D eigenvalue weighted by Gasteiger charge is 2.21. The molecule has 0 saturated carbocycles. The smallest absolute Gasteiger partial charge is 0.0645 e. The van der Waals surface area contributed by atoms with Crippen LogP contribution in [0.25, 0.3) is 66.1 Å². The minimum Gasteiger partial charge on any atom is -0.310 e. The highest BCUT2D eigenvalue weighted by molar-refractivity contribution is 6.06. The summed E-state index contributed by atoms with van der Waals surface area (Å²) in [6.07, 6.45) is 0. The molecule has 2 heteroatoms. The SMILES string of the molecule is [2H]c1c([2H])c(N(c2ccccc2)c2ccc3ccccc3c2-c2ccccc2)c([2H])c([2H])c1-c1ccc(-c2ccc(N(c3ccccc3)c3ccc4ccccc4c3-c3ccccc3)cc2)cc1. The number of para-hydroxylation sites is 2. The number of anilines is 6. The van der Waals surface area contributed by atoms with E-state index >= 15 is 0 Å². The van der Waals surface area contributed by atoms with E-state index in [4.69, 9.17) is 0 Å². The first-order valence-corrected chi connectivity index (χ1v) is 21.6. The van der Waals surface area contributed by atoms with Crippen molar-refractivity contribution in [3.05, 3.63) is 267 Å². The van der Waals surface area contributed by atoms with Gasteiger partial charge >= 0.3 is 0 Å². The molecule has 0 atom stereocenters. The van der Waals surface area contributed by atoms with Crippen LogP contribution < -0.4 is 9.80 Å². The molecule has 11 rings (SSSR count). The van der Waals surface area contributed by atoms with E-state index in [2.05, 4.69) is 150 Å². The third-order valence-electron chi connectivity index (χ3n) is 11.9. The number of nitrogens with zero attached hydrogens (tertiary/aromatic N) is 2. The van der Waals surface area contributed by atoms with Gasteiger partial charge in [-0.1, -0.05) is 206 Å². The van der Waals surface area contributed by atoms with E-state index in [1.807, 2.05) is 102 Å². The Hall–Kier alpha value is -8.46. The zero-order valence-corrected chi connectivity index (χ0v) is 35.0. The summed E-state index contributed by atoms with van der Waals surface area (Å²) in [4.78, 5) is 4.20. The monoisotopic (exact) mass is 820 g/mol. The van der Waals surface area contributed by atoms with Crippen molar-refractivity contribution in [3.8, 4) is 44.5 Å². The lowest BCUT2D eigenvalue weighted by Gasteiger charge is -2.29. The summed E-state index contributed by atoms with van der Waals surface area (Å²) < 4.78 is 38.2. The molecule has 0 spiro atoms. The lowest BCUT2D eigenvalue weighted by Crippen LogP contribution is -2.11. The maximum absolute atomic E-state index is 9.61. The van der Waals surface area contributed by atoms with Crippen molar-refractivity contribution in [2.24, 2.45) is 0 Å². The maximum Gasteiger partial charge on any atom is 0.0645 e. The fourth-order valence-corrected chi connectivity index (χ4v) is 8.87. The number of hydrogen-bond donors (Lipinski definition) is 0. The van der Waals surface area contributed by atoms with Gasteiger partial charge in [-0.15, -0.1) is 0 Å². The van der Waals surface area contributed by atoms with Gasteiger partial charge in [0.05, 0.1) is 16.9 Å². The van der Waals surface area contributed by atoms with Crippen molar-refractivity contribution in [1.82, 2.24) is 0 Å². The molecule has 0 fully saturated rings. The van der Waals surface area contributed by atoms with Gasteiger partial charge in [0.1, 0.15) is 0 Å². The standard InChI is InChI=1S/C62H44N2/c1-5-19-51(20-6-1)61-57-27-15-13-17-49(57)37-43-59(61)63(53-23-9-3-10-24-53)55-39-33-47(34-40-55)45-29-31-46(32-30-45)48-35-41-56(42-36-48)64(54-25-11-4-12-26-54)60-44-38-50-18-14-16-28-58(50)62(60)52-21-7-2-8-22-52/h1-44H/i33D,34D,39D,40D. The van der Waals surface area contributed by atoms with E-state index < -0.39 is 0 Å². The predicted octanol–water partition coefficient (Wildman–Crippen LogP) is 17.6. The van der Waals surface area contributed by atoms with Gasteiger partial charge in [-0.2, -0.15) is 0 Å². The first kappa shape index (κ1) is 34.2. The molecule has 0 unspecified atom stereocenters. The van der Waals surface area contributed by atoms with Crippen LogP contribution >= 0.6 is 0 Å². The highest BCUT2D eigenvalue weighted by Crippen LogP contribution is 2.46. The summed E-state index contributed by atoms with van der Waals surface area (Å²) in [6.45, 7) is 0. The zero-order chi connectivity index (χ0) is 46.1. The topological polar surface area (TPSA) is 6.48 Å². The van der Waals surface area contributed by atoms with Gasteiger partial charge in [-0.05, 0) is 116 Å². The van der Waals surface area contributed by atoms with Crippen molar-refractivity contribution in [1.29, 1.82) is 0 Å². The number of benzene rings is 11. The summed E-state index contributed by atoms with van der Waals surface area (Å²) in [5, 5.41) is 4.44. The van der Waals surface area contributed by atoms with E-state index in [1.54, 1.807) is 0 Å². The number of fused-ring (bicyclic) bond motifs is 2. The lowest BCUT2D eigenvalue weighted by molar-refractivity contribution is 1.29. The Bertz CT molecular complexity index is 3560. The summed E-state index contributed by atoms with van der Waals surface area (Å²) >= 11 is 0. The third kappa shape index (κ3) is 7.38. The molecule has 0 aliphatic heterocycles. The molecule has 0 aliphatic carbocycles. The second-order valence-electron chi connectivity index (χ2n) is 15.8. The Morgan fingerprint density at radius 3 is 1.03 bits per heavy atom. The van der Waals surface area contributed by atoms with E-state index in [0.717, 1.165) is 72.6 Å². The number of rotatable bonds is 10.